The van der Waals surface area contributed by atoms with Crippen molar-refractivity contribution < 1.29 is 4.74 Å². The molecule has 0 radical (unpaired) electrons. The highest BCUT2D eigenvalue weighted by Gasteiger charge is 2.00. The summed E-state index contributed by atoms with van der Waals surface area (Å²) in [4.78, 5) is 8.13. The quantitative estimate of drug-likeness (QED) is 0.499. The van der Waals surface area contributed by atoms with Crippen molar-refractivity contribution in [1.82, 2.24) is 9.97 Å². The number of anilines is 2. The van der Waals surface area contributed by atoms with Gasteiger partial charge in [0, 0.05) is 23.8 Å². The Hall–Kier alpha value is -1.52. The average Bonchev–Trinajstić information content (AvgIpc) is 2.39. The highest BCUT2D eigenvalue weighted by molar-refractivity contribution is 6.29. The Kier molecular flexibility index (Phi) is 5.24. The maximum absolute atomic E-state index is 5.80. The Morgan fingerprint density at radius 1 is 1.26 bits per heavy atom. The first-order valence-corrected chi connectivity index (χ1v) is 6.73. The van der Waals surface area contributed by atoms with Crippen LogP contribution < -0.4 is 10.1 Å². The molecule has 2 aromatic rings. The zero-order valence-electron chi connectivity index (χ0n) is 10.1. The highest BCUT2D eigenvalue weighted by atomic mass is 35.5. The van der Waals surface area contributed by atoms with Gasteiger partial charge in [0.2, 0.25) is 5.95 Å². The molecule has 19 heavy (non-hydrogen) atoms. The topological polar surface area (TPSA) is 47.0 Å². The Bertz CT molecular complexity index is 537. The second-order valence-electron chi connectivity index (χ2n) is 3.75. The van der Waals surface area contributed by atoms with E-state index in [1.165, 1.54) is 0 Å². The summed E-state index contributed by atoms with van der Waals surface area (Å²) in [5, 5.41) is 3.46. The summed E-state index contributed by atoms with van der Waals surface area (Å²) < 4.78 is 5.56. The molecule has 1 heterocycles. The molecule has 0 aliphatic heterocycles. The summed E-state index contributed by atoms with van der Waals surface area (Å²) in [6.45, 7) is 0.598. The Labute approximate surface area is 121 Å². The molecule has 1 aromatic carbocycles. The molecule has 2 rings (SSSR count). The lowest BCUT2D eigenvalue weighted by Crippen LogP contribution is -1.99. The number of hydrogen-bond donors (Lipinski definition) is 1. The van der Waals surface area contributed by atoms with Crippen LogP contribution in [0, 0.1) is 0 Å². The Morgan fingerprint density at radius 3 is 2.95 bits per heavy atom. The molecule has 1 aromatic heterocycles. The van der Waals surface area contributed by atoms with Gasteiger partial charge in [0.1, 0.15) is 10.9 Å². The first-order chi connectivity index (χ1) is 9.28. The number of nitrogens with one attached hydrogen (secondary N) is 1. The lowest BCUT2D eigenvalue weighted by atomic mass is 10.3. The molecule has 100 valence electrons. The fraction of sp³-hybridized carbons (Fsp3) is 0.231. The summed E-state index contributed by atoms with van der Waals surface area (Å²) in [6, 6.07) is 9.18. The third-order valence-corrected chi connectivity index (χ3v) is 2.74. The maximum Gasteiger partial charge on any atom is 0.228 e. The van der Waals surface area contributed by atoms with Crippen LogP contribution in [0.5, 0.6) is 5.75 Å². The largest absolute Gasteiger partial charge is 0.493 e. The lowest BCUT2D eigenvalue weighted by Gasteiger charge is -2.08. The predicted molar refractivity (Wildman–Crippen MR) is 77.6 cm³/mol. The van der Waals surface area contributed by atoms with Gasteiger partial charge in [-0.2, -0.15) is 0 Å². The molecular formula is C13H13Cl2N3O. The number of nitrogens with zero attached hydrogens (tertiary/aromatic N) is 2. The van der Waals surface area contributed by atoms with E-state index < -0.39 is 0 Å². The third-order valence-electron chi connectivity index (χ3n) is 2.26. The van der Waals surface area contributed by atoms with Gasteiger partial charge < -0.3 is 10.1 Å². The molecule has 0 bridgehead atoms. The van der Waals surface area contributed by atoms with Crippen LogP contribution in [-0.2, 0) is 0 Å². The smallest absolute Gasteiger partial charge is 0.228 e. The minimum absolute atomic E-state index is 0.395. The zero-order chi connectivity index (χ0) is 13.5. The number of alkyl halides is 1. The van der Waals surface area contributed by atoms with Crippen LogP contribution in [0.4, 0.5) is 11.6 Å². The second-order valence-corrected chi connectivity index (χ2v) is 4.51. The third kappa shape index (κ3) is 4.58. The number of halogens is 2. The van der Waals surface area contributed by atoms with Crippen LogP contribution in [0.25, 0.3) is 0 Å². The summed E-state index contributed by atoms with van der Waals surface area (Å²) >= 11 is 11.4. The van der Waals surface area contributed by atoms with Crippen molar-refractivity contribution in [2.24, 2.45) is 0 Å². The van der Waals surface area contributed by atoms with E-state index in [1.807, 2.05) is 24.3 Å². The summed E-state index contributed by atoms with van der Waals surface area (Å²) in [5.41, 5.74) is 0.839. The van der Waals surface area contributed by atoms with Gasteiger partial charge in [-0.3, -0.25) is 0 Å². The van der Waals surface area contributed by atoms with Crippen molar-refractivity contribution in [3.05, 3.63) is 41.7 Å². The van der Waals surface area contributed by atoms with Crippen molar-refractivity contribution in [1.29, 1.82) is 0 Å². The number of hydrogen-bond acceptors (Lipinski definition) is 4. The molecule has 0 spiro atoms. The van der Waals surface area contributed by atoms with Crippen LogP contribution >= 0.6 is 23.2 Å². The molecule has 4 nitrogen and oxygen atoms in total. The van der Waals surface area contributed by atoms with Gasteiger partial charge in [0.05, 0.1) is 6.61 Å². The van der Waals surface area contributed by atoms with E-state index in [4.69, 9.17) is 27.9 Å². The summed E-state index contributed by atoms with van der Waals surface area (Å²) in [5.74, 6) is 1.82. The van der Waals surface area contributed by atoms with E-state index in [0.717, 1.165) is 17.9 Å². The number of rotatable bonds is 6. The molecule has 0 fully saturated rings. The van der Waals surface area contributed by atoms with Crippen LogP contribution in [0.15, 0.2) is 36.5 Å². The molecule has 1 N–H and O–H groups in total. The predicted octanol–water partition coefficient (Wildman–Crippen LogP) is 3.88. The Morgan fingerprint density at radius 2 is 2.16 bits per heavy atom. The van der Waals surface area contributed by atoms with Crippen LogP contribution in [0.1, 0.15) is 6.42 Å². The van der Waals surface area contributed by atoms with Crippen molar-refractivity contribution >= 4 is 34.8 Å². The molecule has 0 aliphatic carbocycles. The van der Waals surface area contributed by atoms with Gasteiger partial charge in [-0.1, -0.05) is 17.7 Å². The van der Waals surface area contributed by atoms with Crippen molar-refractivity contribution in [3.63, 3.8) is 0 Å². The highest BCUT2D eigenvalue weighted by Crippen LogP contribution is 2.20. The van der Waals surface area contributed by atoms with Crippen LogP contribution in [-0.4, -0.2) is 22.5 Å². The van der Waals surface area contributed by atoms with E-state index in [2.05, 4.69) is 15.3 Å². The van der Waals surface area contributed by atoms with Crippen molar-refractivity contribution in [2.45, 2.75) is 6.42 Å². The minimum Gasteiger partial charge on any atom is -0.493 e. The van der Waals surface area contributed by atoms with Crippen LogP contribution in [0.2, 0.25) is 5.15 Å². The zero-order valence-corrected chi connectivity index (χ0v) is 11.7. The molecule has 0 aliphatic rings. The SMILES string of the molecule is ClCCCOc1cccc(Nc2nccc(Cl)n2)c1. The van der Waals surface area contributed by atoms with Gasteiger partial charge in [-0.05, 0) is 24.6 Å². The lowest BCUT2D eigenvalue weighted by molar-refractivity contribution is 0.318. The van der Waals surface area contributed by atoms with Gasteiger partial charge in [-0.15, -0.1) is 11.6 Å². The monoisotopic (exact) mass is 297 g/mol. The first kappa shape index (κ1) is 13.9. The maximum atomic E-state index is 5.80. The van der Waals surface area contributed by atoms with Gasteiger partial charge in [0.25, 0.3) is 0 Å². The average molecular weight is 298 g/mol. The standard InChI is InChI=1S/C13H13Cl2N3O/c14-6-2-8-19-11-4-1-3-10(9-11)17-13-16-7-5-12(15)18-13/h1,3-5,7,9H,2,6,8H2,(H,16,17,18). The normalized spacial score (nSPS) is 10.2. The van der Waals surface area contributed by atoms with Crippen molar-refractivity contribution in [3.8, 4) is 5.75 Å². The van der Waals surface area contributed by atoms with Crippen LogP contribution in [0.3, 0.4) is 0 Å². The fourth-order valence-corrected chi connectivity index (χ4v) is 1.68. The van der Waals surface area contributed by atoms with Gasteiger partial charge in [0.15, 0.2) is 0 Å². The van der Waals surface area contributed by atoms with Gasteiger partial charge >= 0.3 is 0 Å². The molecular weight excluding hydrogens is 285 g/mol. The van der Waals surface area contributed by atoms with Gasteiger partial charge in [-0.25, -0.2) is 9.97 Å². The number of ether oxygens (including phenoxy) is 1. The first-order valence-electron chi connectivity index (χ1n) is 5.82. The second kappa shape index (κ2) is 7.16. The van der Waals surface area contributed by atoms with E-state index in [9.17, 15) is 0 Å². The van der Waals surface area contributed by atoms with E-state index in [0.29, 0.717) is 23.6 Å². The van der Waals surface area contributed by atoms with E-state index >= 15 is 0 Å². The fourth-order valence-electron chi connectivity index (χ4n) is 1.43. The van der Waals surface area contributed by atoms with Crippen molar-refractivity contribution in [2.75, 3.05) is 17.8 Å². The minimum atomic E-state index is 0.395. The Balaban J connectivity index is 2.02. The molecule has 0 saturated carbocycles. The summed E-state index contributed by atoms with van der Waals surface area (Å²) in [7, 11) is 0. The summed E-state index contributed by atoms with van der Waals surface area (Å²) in [6.07, 6.45) is 2.41. The molecule has 0 amide bonds. The van der Waals surface area contributed by atoms with E-state index in [1.54, 1.807) is 12.3 Å². The molecule has 6 heteroatoms. The molecule has 0 saturated heterocycles. The number of benzene rings is 1. The molecule has 0 atom stereocenters. The van der Waals surface area contributed by atoms with E-state index in [-0.39, 0.29) is 0 Å². The number of aromatic nitrogens is 2. The molecule has 0 unspecified atom stereocenters.